The van der Waals surface area contributed by atoms with Crippen LogP contribution in [0.3, 0.4) is 0 Å². The van der Waals surface area contributed by atoms with E-state index in [2.05, 4.69) is 49.7 Å². The van der Waals surface area contributed by atoms with Crippen LogP contribution in [-0.4, -0.2) is 18.3 Å². The minimum atomic E-state index is 0.137. The fourth-order valence-electron chi connectivity index (χ4n) is 3.91. The molecule has 1 unspecified atom stereocenters. The lowest BCUT2D eigenvalue weighted by Crippen LogP contribution is -2.48. The van der Waals surface area contributed by atoms with E-state index < -0.39 is 0 Å². The normalized spacial score (nSPS) is 19.3. The molecule has 0 radical (unpaired) electrons. The zero-order valence-corrected chi connectivity index (χ0v) is 16.7. The molecule has 2 aromatic carbocycles. The molecule has 2 nitrogen and oxygen atoms in total. The summed E-state index contributed by atoms with van der Waals surface area (Å²) in [7, 11) is 0. The molecule has 0 aromatic heterocycles. The van der Waals surface area contributed by atoms with Gasteiger partial charge < -0.3 is 4.90 Å². The van der Waals surface area contributed by atoms with Gasteiger partial charge in [-0.25, -0.2) is 0 Å². The predicted octanol–water partition coefficient (Wildman–Crippen LogP) is 6.86. The van der Waals surface area contributed by atoms with E-state index in [1.165, 1.54) is 11.3 Å². The molecule has 132 valence electrons. The number of hydrogen-bond acceptors (Lipinski definition) is 2. The van der Waals surface area contributed by atoms with Gasteiger partial charge in [0.1, 0.15) is 0 Å². The molecule has 0 saturated heterocycles. The summed E-state index contributed by atoms with van der Waals surface area (Å²) in [6.45, 7) is 10.1. The Hall–Kier alpha value is -1.51. The van der Waals surface area contributed by atoms with Gasteiger partial charge in [0.15, 0.2) is 0 Å². The Morgan fingerprint density at radius 2 is 1.92 bits per heavy atom. The first-order valence-electron chi connectivity index (χ1n) is 8.73. The summed E-state index contributed by atoms with van der Waals surface area (Å²) in [4.78, 5) is 6.97. The highest BCUT2D eigenvalue weighted by atomic mass is 35.5. The molecule has 1 aliphatic rings. The number of aliphatic imine (C=N–C) groups is 1. The molecular weight excluding hydrogens is 351 g/mol. The van der Waals surface area contributed by atoms with Gasteiger partial charge in [0.2, 0.25) is 0 Å². The molecule has 0 amide bonds. The third-order valence-electron chi connectivity index (χ3n) is 5.02. The van der Waals surface area contributed by atoms with Crippen LogP contribution in [0.25, 0.3) is 0 Å². The molecular formula is C21H24Cl2N2. The lowest BCUT2D eigenvalue weighted by molar-refractivity contribution is 0.381. The summed E-state index contributed by atoms with van der Waals surface area (Å²) in [5, 5.41) is 1.36. The molecule has 0 spiro atoms. The van der Waals surface area contributed by atoms with E-state index in [0.29, 0.717) is 10.9 Å². The van der Waals surface area contributed by atoms with Crippen molar-refractivity contribution in [3.63, 3.8) is 0 Å². The van der Waals surface area contributed by atoms with Crippen molar-refractivity contribution in [2.45, 2.75) is 45.6 Å². The van der Waals surface area contributed by atoms with Crippen molar-refractivity contribution in [3.8, 4) is 0 Å². The zero-order chi connectivity index (χ0) is 18.2. The summed E-state index contributed by atoms with van der Waals surface area (Å²) in [5.74, 6) is 0.484. The van der Waals surface area contributed by atoms with Gasteiger partial charge in [-0.3, -0.25) is 4.99 Å². The van der Waals surface area contributed by atoms with Crippen LogP contribution in [0.1, 0.15) is 51.2 Å². The van der Waals surface area contributed by atoms with Gasteiger partial charge >= 0.3 is 0 Å². The van der Waals surface area contributed by atoms with Gasteiger partial charge in [-0.15, -0.1) is 0 Å². The maximum atomic E-state index is 6.58. The summed E-state index contributed by atoms with van der Waals surface area (Å²) in [5.41, 5.74) is 4.40. The predicted molar refractivity (Wildman–Crippen MR) is 110 cm³/mol. The van der Waals surface area contributed by atoms with Crippen molar-refractivity contribution in [1.29, 1.82) is 0 Å². The monoisotopic (exact) mass is 374 g/mol. The van der Waals surface area contributed by atoms with E-state index >= 15 is 0 Å². The molecule has 25 heavy (non-hydrogen) atoms. The van der Waals surface area contributed by atoms with Gasteiger partial charge in [-0.05, 0) is 62.9 Å². The fourth-order valence-corrected chi connectivity index (χ4v) is 4.31. The van der Waals surface area contributed by atoms with Gasteiger partial charge in [-0.2, -0.15) is 0 Å². The van der Waals surface area contributed by atoms with Crippen molar-refractivity contribution in [1.82, 2.24) is 0 Å². The molecule has 2 aromatic rings. The van der Waals surface area contributed by atoms with Crippen LogP contribution in [0.4, 0.5) is 11.4 Å². The molecule has 0 aliphatic carbocycles. The Labute approximate surface area is 160 Å². The number of rotatable bonds is 3. The summed E-state index contributed by atoms with van der Waals surface area (Å²) in [6.07, 6.45) is 2.93. The Morgan fingerprint density at radius 1 is 1.20 bits per heavy atom. The number of benzene rings is 2. The SMILES string of the molecule is CCN1c2cc(Cl)c(C=Nc3ccccc3Cl)cc2C(C)CC1(C)C. The highest BCUT2D eigenvalue weighted by molar-refractivity contribution is 6.34. The van der Waals surface area contributed by atoms with E-state index in [-0.39, 0.29) is 5.54 Å². The maximum Gasteiger partial charge on any atom is 0.0816 e. The van der Waals surface area contributed by atoms with Crippen LogP contribution in [0, 0.1) is 0 Å². The highest BCUT2D eigenvalue weighted by Gasteiger charge is 2.35. The van der Waals surface area contributed by atoms with Crippen LogP contribution in [0.5, 0.6) is 0 Å². The van der Waals surface area contributed by atoms with E-state index in [1.54, 1.807) is 0 Å². The summed E-state index contributed by atoms with van der Waals surface area (Å²) < 4.78 is 0. The van der Waals surface area contributed by atoms with Crippen molar-refractivity contribution in [2.24, 2.45) is 4.99 Å². The molecule has 0 saturated carbocycles. The molecule has 1 aliphatic heterocycles. The Kier molecular flexibility index (Phi) is 5.13. The molecule has 3 rings (SSSR count). The Morgan fingerprint density at radius 3 is 2.60 bits per heavy atom. The van der Waals surface area contributed by atoms with Crippen LogP contribution in [-0.2, 0) is 0 Å². The highest BCUT2D eigenvalue weighted by Crippen LogP contribution is 2.44. The van der Waals surface area contributed by atoms with Crippen molar-refractivity contribution < 1.29 is 0 Å². The van der Waals surface area contributed by atoms with Crippen LogP contribution >= 0.6 is 23.2 Å². The van der Waals surface area contributed by atoms with E-state index in [0.717, 1.165) is 29.2 Å². The number of hydrogen-bond donors (Lipinski definition) is 0. The average Bonchev–Trinajstić information content (AvgIpc) is 2.54. The van der Waals surface area contributed by atoms with Crippen molar-refractivity contribution >= 4 is 40.8 Å². The standard InChI is InChI=1S/C21H24Cl2N2/c1-5-25-20-11-18(23)15(10-16(20)14(2)12-21(25,3)4)13-24-19-9-7-6-8-17(19)22/h6-11,13-14H,5,12H2,1-4H3. The minimum Gasteiger partial charge on any atom is -0.366 e. The van der Waals surface area contributed by atoms with Gasteiger partial charge in [0.25, 0.3) is 0 Å². The molecule has 0 fully saturated rings. The topological polar surface area (TPSA) is 15.6 Å². The second kappa shape index (κ2) is 7.01. The number of halogens is 2. The first-order chi connectivity index (χ1) is 11.8. The summed E-state index contributed by atoms with van der Waals surface area (Å²) >= 11 is 12.8. The molecule has 4 heteroatoms. The fraction of sp³-hybridized carbons (Fsp3) is 0.381. The van der Waals surface area contributed by atoms with E-state index in [4.69, 9.17) is 23.2 Å². The Balaban J connectivity index is 2.02. The smallest absolute Gasteiger partial charge is 0.0816 e. The summed E-state index contributed by atoms with van der Waals surface area (Å²) in [6, 6.07) is 11.8. The molecule has 1 heterocycles. The molecule has 1 atom stereocenters. The van der Waals surface area contributed by atoms with E-state index in [1.807, 2.05) is 30.5 Å². The second-order valence-corrected chi connectivity index (χ2v) is 8.12. The number of anilines is 1. The second-order valence-electron chi connectivity index (χ2n) is 7.30. The van der Waals surface area contributed by atoms with Crippen LogP contribution in [0.2, 0.25) is 10.0 Å². The molecule has 0 N–H and O–H groups in total. The third-order valence-corrected chi connectivity index (χ3v) is 5.66. The maximum absolute atomic E-state index is 6.58. The van der Waals surface area contributed by atoms with Crippen molar-refractivity contribution in [3.05, 3.63) is 57.6 Å². The van der Waals surface area contributed by atoms with Crippen LogP contribution < -0.4 is 4.90 Å². The van der Waals surface area contributed by atoms with Gasteiger partial charge in [0, 0.05) is 29.5 Å². The Bertz CT molecular complexity index is 812. The average molecular weight is 375 g/mol. The third kappa shape index (κ3) is 3.56. The van der Waals surface area contributed by atoms with Crippen molar-refractivity contribution in [2.75, 3.05) is 11.4 Å². The zero-order valence-electron chi connectivity index (χ0n) is 15.2. The lowest BCUT2D eigenvalue weighted by Gasteiger charge is -2.47. The van der Waals surface area contributed by atoms with Gasteiger partial charge in [-0.1, -0.05) is 42.3 Å². The number of nitrogens with zero attached hydrogens (tertiary/aromatic N) is 2. The first-order valence-corrected chi connectivity index (χ1v) is 9.48. The number of fused-ring (bicyclic) bond motifs is 1. The largest absolute Gasteiger partial charge is 0.366 e. The minimum absolute atomic E-state index is 0.137. The lowest BCUT2D eigenvalue weighted by atomic mass is 9.79. The van der Waals surface area contributed by atoms with Crippen LogP contribution in [0.15, 0.2) is 41.4 Å². The number of para-hydroxylation sites is 1. The van der Waals surface area contributed by atoms with Gasteiger partial charge in [0.05, 0.1) is 15.7 Å². The first kappa shape index (κ1) is 18.3. The molecule has 0 bridgehead atoms. The van der Waals surface area contributed by atoms with E-state index in [9.17, 15) is 0 Å². The quantitative estimate of drug-likeness (QED) is 0.535.